The number of hydrogen-bond acceptors (Lipinski definition) is 1. The van der Waals surface area contributed by atoms with Crippen LogP contribution in [0.1, 0.15) is 50.7 Å². The SMILES string of the molecule is CC(C)c1cc(Cl)c(-n2ccnc2)cc1C(C)C. The predicted octanol–water partition coefficient (Wildman–Crippen LogP) is 4.77. The molecule has 0 atom stereocenters. The standard InChI is InChI=1S/C15H19ClN2/c1-10(2)12-7-14(16)15(8-13(12)11(3)4)18-6-5-17-9-18/h5-11H,1-4H3. The maximum Gasteiger partial charge on any atom is 0.0992 e. The summed E-state index contributed by atoms with van der Waals surface area (Å²) in [6, 6.07) is 4.28. The highest BCUT2D eigenvalue weighted by Gasteiger charge is 2.14. The first-order valence-corrected chi connectivity index (χ1v) is 6.70. The van der Waals surface area contributed by atoms with Crippen molar-refractivity contribution in [3.8, 4) is 5.69 Å². The number of hydrogen-bond donors (Lipinski definition) is 0. The Hall–Kier alpha value is -1.28. The summed E-state index contributed by atoms with van der Waals surface area (Å²) in [6.45, 7) is 8.84. The molecule has 0 radical (unpaired) electrons. The monoisotopic (exact) mass is 262 g/mol. The molecule has 0 fully saturated rings. The lowest BCUT2D eigenvalue weighted by molar-refractivity contribution is 0.788. The van der Waals surface area contributed by atoms with Crippen LogP contribution in [0.5, 0.6) is 0 Å². The molecule has 2 nitrogen and oxygen atoms in total. The van der Waals surface area contributed by atoms with E-state index in [9.17, 15) is 0 Å². The van der Waals surface area contributed by atoms with E-state index in [-0.39, 0.29) is 0 Å². The van der Waals surface area contributed by atoms with Crippen LogP contribution in [0, 0.1) is 0 Å². The Balaban J connectivity index is 2.61. The molecule has 0 amide bonds. The fourth-order valence-corrected chi connectivity index (χ4v) is 2.46. The van der Waals surface area contributed by atoms with Gasteiger partial charge in [0.1, 0.15) is 0 Å². The first-order chi connectivity index (χ1) is 8.50. The molecule has 0 bridgehead atoms. The summed E-state index contributed by atoms with van der Waals surface area (Å²) in [6.07, 6.45) is 5.46. The van der Waals surface area contributed by atoms with Gasteiger partial charge in [0.05, 0.1) is 17.0 Å². The lowest BCUT2D eigenvalue weighted by atomic mass is 9.90. The molecule has 3 heteroatoms. The molecule has 0 unspecified atom stereocenters. The number of rotatable bonds is 3. The summed E-state index contributed by atoms with van der Waals surface area (Å²) in [5.74, 6) is 0.971. The third kappa shape index (κ3) is 2.44. The summed E-state index contributed by atoms with van der Waals surface area (Å²) in [4.78, 5) is 4.08. The van der Waals surface area contributed by atoms with Gasteiger partial charge in [0.15, 0.2) is 0 Å². The maximum atomic E-state index is 6.39. The Labute approximate surface area is 114 Å². The van der Waals surface area contributed by atoms with E-state index in [0.29, 0.717) is 11.8 Å². The lowest BCUT2D eigenvalue weighted by Gasteiger charge is -2.19. The van der Waals surface area contributed by atoms with E-state index < -0.39 is 0 Å². The highest BCUT2D eigenvalue weighted by Crippen LogP contribution is 2.33. The van der Waals surface area contributed by atoms with Gasteiger partial charge in [-0.15, -0.1) is 0 Å². The van der Waals surface area contributed by atoms with E-state index in [2.05, 4.69) is 44.8 Å². The second-order valence-corrected chi connectivity index (χ2v) is 5.62. The van der Waals surface area contributed by atoms with Crippen molar-refractivity contribution in [1.29, 1.82) is 0 Å². The Morgan fingerprint density at radius 2 is 1.67 bits per heavy atom. The Morgan fingerprint density at radius 1 is 1.06 bits per heavy atom. The van der Waals surface area contributed by atoms with E-state index >= 15 is 0 Å². The summed E-state index contributed by atoms with van der Waals surface area (Å²) >= 11 is 6.39. The van der Waals surface area contributed by atoms with Gasteiger partial charge in [-0.25, -0.2) is 4.98 Å². The summed E-state index contributed by atoms with van der Waals surface area (Å²) in [5.41, 5.74) is 3.69. The van der Waals surface area contributed by atoms with E-state index in [4.69, 9.17) is 11.6 Å². The molecular weight excluding hydrogens is 244 g/mol. The van der Waals surface area contributed by atoms with Crippen molar-refractivity contribution in [1.82, 2.24) is 9.55 Å². The van der Waals surface area contributed by atoms with Gasteiger partial charge in [0, 0.05) is 12.4 Å². The lowest BCUT2D eigenvalue weighted by Crippen LogP contribution is -2.02. The van der Waals surface area contributed by atoms with E-state index in [1.54, 1.807) is 12.5 Å². The van der Waals surface area contributed by atoms with Gasteiger partial charge in [-0.05, 0) is 35.1 Å². The molecule has 2 rings (SSSR count). The Morgan fingerprint density at radius 3 is 2.17 bits per heavy atom. The van der Waals surface area contributed by atoms with Gasteiger partial charge in [0.25, 0.3) is 0 Å². The third-order valence-corrected chi connectivity index (χ3v) is 3.48. The maximum absolute atomic E-state index is 6.39. The van der Waals surface area contributed by atoms with Crippen LogP contribution in [0.25, 0.3) is 5.69 Å². The van der Waals surface area contributed by atoms with Crippen molar-refractivity contribution in [2.45, 2.75) is 39.5 Å². The van der Waals surface area contributed by atoms with E-state index in [0.717, 1.165) is 10.7 Å². The van der Waals surface area contributed by atoms with Crippen molar-refractivity contribution < 1.29 is 0 Å². The van der Waals surface area contributed by atoms with E-state index in [1.165, 1.54) is 11.1 Å². The van der Waals surface area contributed by atoms with Crippen molar-refractivity contribution >= 4 is 11.6 Å². The third-order valence-electron chi connectivity index (χ3n) is 3.18. The number of benzene rings is 1. The molecule has 1 heterocycles. The van der Waals surface area contributed by atoms with Crippen LogP contribution in [0.4, 0.5) is 0 Å². The van der Waals surface area contributed by atoms with Gasteiger partial charge in [-0.1, -0.05) is 39.3 Å². The number of imidazole rings is 1. The Bertz CT molecular complexity index is 528. The molecule has 0 spiro atoms. The molecule has 0 aliphatic heterocycles. The van der Waals surface area contributed by atoms with Gasteiger partial charge in [0.2, 0.25) is 0 Å². The minimum Gasteiger partial charge on any atom is -0.305 e. The van der Waals surface area contributed by atoms with Gasteiger partial charge < -0.3 is 4.57 Å². The molecule has 0 aliphatic carbocycles. The van der Waals surface area contributed by atoms with Crippen LogP contribution >= 0.6 is 11.6 Å². The van der Waals surface area contributed by atoms with Crippen molar-refractivity contribution in [2.24, 2.45) is 0 Å². The molecular formula is C15H19ClN2. The molecule has 0 saturated carbocycles. The van der Waals surface area contributed by atoms with Crippen LogP contribution in [-0.2, 0) is 0 Å². The molecule has 0 N–H and O–H groups in total. The molecule has 18 heavy (non-hydrogen) atoms. The highest BCUT2D eigenvalue weighted by atomic mass is 35.5. The van der Waals surface area contributed by atoms with Crippen LogP contribution in [0.2, 0.25) is 5.02 Å². The highest BCUT2D eigenvalue weighted by molar-refractivity contribution is 6.32. The first kappa shape index (κ1) is 13.2. The fraction of sp³-hybridized carbons (Fsp3) is 0.400. The second-order valence-electron chi connectivity index (χ2n) is 5.21. The van der Waals surface area contributed by atoms with Crippen molar-refractivity contribution in [3.05, 3.63) is 47.0 Å². The smallest absolute Gasteiger partial charge is 0.0992 e. The molecule has 2 aromatic rings. The predicted molar refractivity (Wildman–Crippen MR) is 76.8 cm³/mol. The summed E-state index contributed by atoms with van der Waals surface area (Å²) < 4.78 is 1.96. The van der Waals surface area contributed by atoms with Crippen molar-refractivity contribution in [3.63, 3.8) is 0 Å². The quantitative estimate of drug-likeness (QED) is 0.779. The minimum atomic E-state index is 0.483. The van der Waals surface area contributed by atoms with Crippen LogP contribution in [0.3, 0.4) is 0 Å². The van der Waals surface area contributed by atoms with Crippen molar-refractivity contribution in [2.75, 3.05) is 0 Å². The normalized spacial score (nSPS) is 11.5. The zero-order valence-corrected chi connectivity index (χ0v) is 12.1. The zero-order chi connectivity index (χ0) is 13.3. The van der Waals surface area contributed by atoms with Crippen LogP contribution < -0.4 is 0 Å². The first-order valence-electron chi connectivity index (χ1n) is 6.32. The molecule has 96 valence electrons. The molecule has 1 aromatic carbocycles. The topological polar surface area (TPSA) is 17.8 Å². The fourth-order valence-electron chi connectivity index (χ4n) is 2.19. The van der Waals surface area contributed by atoms with E-state index in [1.807, 2.05) is 10.8 Å². The summed E-state index contributed by atoms with van der Waals surface area (Å²) in [7, 11) is 0. The average Bonchev–Trinajstić information content (AvgIpc) is 2.81. The molecule has 0 aliphatic rings. The summed E-state index contributed by atoms with van der Waals surface area (Å²) in [5, 5.41) is 0.779. The van der Waals surface area contributed by atoms with Crippen LogP contribution in [-0.4, -0.2) is 9.55 Å². The van der Waals surface area contributed by atoms with Gasteiger partial charge in [-0.3, -0.25) is 0 Å². The number of halogens is 1. The number of nitrogens with zero attached hydrogens (tertiary/aromatic N) is 2. The zero-order valence-electron chi connectivity index (χ0n) is 11.3. The van der Waals surface area contributed by atoms with Gasteiger partial charge >= 0.3 is 0 Å². The van der Waals surface area contributed by atoms with Gasteiger partial charge in [-0.2, -0.15) is 0 Å². The Kier molecular flexibility index (Phi) is 3.76. The number of aromatic nitrogens is 2. The molecule has 1 aromatic heterocycles. The minimum absolute atomic E-state index is 0.483. The molecule has 0 saturated heterocycles. The van der Waals surface area contributed by atoms with Crippen LogP contribution in [0.15, 0.2) is 30.9 Å². The average molecular weight is 263 g/mol. The second kappa shape index (κ2) is 5.15. The largest absolute Gasteiger partial charge is 0.305 e.